The number of hydrogen-bond acceptors (Lipinski definition) is 3. The van der Waals surface area contributed by atoms with E-state index in [0.29, 0.717) is 10.6 Å². The highest BCUT2D eigenvalue weighted by atomic mass is 35.5. The number of carboxylic acids is 1. The van der Waals surface area contributed by atoms with Gasteiger partial charge in [-0.1, -0.05) is 35.9 Å². The standard InChI is InChI=1S/C22H19ClN2O3/c1-13-5-4-7-17(23)19(13)21(26)25-18-8-3-2-6-16(18)20(24-25)14-9-11-15(12-10-14)22(27)28/h4-5,7,9-12H,2-3,6,8H2,1H3,(H,27,28). The first-order chi connectivity index (χ1) is 13.5. The lowest BCUT2D eigenvalue weighted by Crippen LogP contribution is -2.19. The summed E-state index contributed by atoms with van der Waals surface area (Å²) >= 11 is 6.31. The van der Waals surface area contributed by atoms with Crippen LogP contribution in [0.5, 0.6) is 0 Å². The average molecular weight is 395 g/mol. The highest BCUT2D eigenvalue weighted by molar-refractivity contribution is 6.34. The van der Waals surface area contributed by atoms with Gasteiger partial charge in [-0.3, -0.25) is 4.79 Å². The Morgan fingerprint density at radius 3 is 2.46 bits per heavy atom. The van der Waals surface area contributed by atoms with Gasteiger partial charge in [0, 0.05) is 11.1 Å². The zero-order valence-corrected chi connectivity index (χ0v) is 16.2. The summed E-state index contributed by atoms with van der Waals surface area (Å²) in [5.74, 6) is -1.20. The average Bonchev–Trinajstić information content (AvgIpc) is 3.07. The Bertz CT molecular complexity index is 1060. The van der Waals surface area contributed by atoms with Gasteiger partial charge >= 0.3 is 5.97 Å². The molecule has 4 rings (SSSR count). The van der Waals surface area contributed by atoms with Gasteiger partial charge in [-0.25, -0.2) is 4.79 Å². The third-order valence-electron chi connectivity index (χ3n) is 5.21. The maximum atomic E-state index is 13.3. The lowest BCUT2D eigenvalue weighted by atomic mass is 9.93. The number of carbonyl (C=O) groups excluding carboxylic acids is 1. The molecule has 5 nitrogen and oxygen atoms in total. The fourth-order valence-corrected chi connectivity index (χ4v) is 4.08. The van der Waals surface area contributed by atoms with E-state index < -0.39 is 5.97 Å². The van der Waals surface area contributed by atoms with Crippen LogP contribution in [0.3, 0.4) is 0 Å². The van der Waals surface area contributed by atoms with Gasteiger partial charge in [0.2, 0.25) is 0 Å². The number of aryl methyl sites for hydroxylation is 1. The Labute approximate surface area is 167 Å². The summed E-state index contributed by atoms with van der Waals surface area (Å²) < 4.78 is 1.49. The fourth-order valence-electron chi connectivity index (χ4n) is 3.78. The molecule has 1 aliphatic rings. The van der Waals surface area contributed by atoms with Gasteiger partial charge in [0.05, 0.1) is 27.5 Å². The lowest BCUT2D eigenvalue weighted by molar-refractivity contribution is 0.0696. The second-order valence-electron chi connectivity index (χ2n) is 7.01. The molecular weight excluding hydrogens is 376 g/mol. The van der Waals surface area contributed by atoms with E-state index in [4.69, 9.17) is 16.7 Å². The summed E-state index contributed by atoms with van der Waals surface area (Å²) in [6, 6.07) is 12.0. The van der Waals surface area contributed by atoms with Crippen LogP contribution in [0.1, 0.15) is 50.4 Å². The van der Waals surface area contributed by atoms with Crippen LogP contribution in [0.25, 0.3) is 11.3 Å². The van der Waals surface area contributed by atoms with Crippen LogP contribution in [0.4, 0.5) is 0 Å². The SMILES string of the molecule is Cc1cccc(Cl)c1C(=O)n1nc(-c2ccc(C(=O)O)cc2)c2c1CCCC2. The summed E-state index contributed by atoms with van der Waals surface area (Å²) in [7, 11) is 0. The van der Waals surface area contributed by atoms with Crippen LogP contribution in [0.15, 0.2) is 42.5 Å². The molecule has 0 radical (unpaired) electrons. The number of aromatic nitrogens is 2. The summed E-state index contributed by atoms with van der Waals surface area (Å²) in [6.07, 6.45) is 3.67. The first-order valence-electron chi connectivity index (χ1n) is 9.21. The Hall–Kier alpha value is -2.92. The molecular formula is C22H19ClN2O3. The van der Waals surface area contributed by atoms with Gasteiger partial charge in [-0.2, -0.15) is 9.78 Å². The Kier molecular flexibility index (Phi) is 4.77. The molecule has 0 unspecified atom stereocenters. The largest absolute Gasteiger partial charge is 0.478 e. The van der Waals surface area contributed by atoms with Gasteiger partial charge in [0.25, 0.3) is 5.91 Å². The number of rotatable bonds is 3. The smallest absolute Gasteiger partial charge is 0.335 e. The fraction of sp³-hybridized carbons (Fsp3) is 0.227. The molecule has 0 aliphatic heterocycles. The normalized spacial score (nSPS) is 13.2. The third kappa shape index (κ3) is 3.12. The molecule has 3 aromatic rings. The summed E-state index contributed by atoms with van der Waals surface area (Å²) in [4.78, 5) is 24.4. The highest BCUT2D eigenvalue weighted by Crippen LogP contribution is 2.32. The number of benzene rings is 2. The van der Waals surface area contributed by atoms with Crippen LogP contribution in [-0.4, -0.2) is 26.8 Å². The molecule has 28 heavy (non-hydrogen) atoms. The number of carboxylic acid groups (broad SMARTS) is 1. The van der Waals surface area contributed by atoms with E-state index in [1.807, 2.05) is 19.1 Å². The lowest BCUT2D eigenvalue weighted by Gasteiger charge is -2.14. The minimum atomic E-state index is -0.969. The number of fused-ring (bicyclic) bond motifs is 1. The van der Waals surface area contributed by atoms with E-state index in [9.17, 15) is 9.59 Å². The molecule has 1 N–H and O–H groups in total. The first-order valence-corrected chi connectivity index (χ1v) is 9.59. The first kappa shape index (κ1) is 18.4. The summed E-state index contributed by atoms with van der Waals surface area (Å²) in [5, 5.41) is 14.2. The number of nitrogens with zero attached hydrogens (tertiary/aromatic N) is 2. The molecule has 0 saturated heterocycles. The molecule has 0 fully saturated rings. The molecule has 2 aromatic carbocycles. The van der Waals surface area contributed by atoms with Crippen molar-refractivity contribution in [1.82, 2.24) is 9.78 Å². The van der Waals surface area contributed by atoms with Crippen LogP contribution >= 0.6 is 11.6 Å². The molecule has 142 valence electrons. The number of carbonyl (C=O) groups is 2. The zero-order chi connectivity index (χ0) is 19.8. The topological polar surface area (TPSA) is 72.2 Å². The quantitative estimate of drug-likeness (QED) is 0.694. The Balaban J connectivity index is 1.84. The maximum absolute atomic E-state index is 13.3. The minimum absolute atomic E-state index is 0.222. The van der Waals surface area contributed by atoms with Crippen LogP contribution in [0.2, 0.25) is 5.02 Å². The molecule has 0 amide bonds. The van der Waals surface area contributed by atoms with E-state index in [-0.39, 0.29) is 11.5 Å². The maximum Gasteiger partial charge on any atom is 0.335 e. The molecule has 0 bridgehead atoms. The van der Waals surface area contributed by atoms with Crippen LogP contribution in [-0.2, 0) is 12.8 Å². The van der Waals surface area contributed by atoms with Crippen molar-refractivity contribution in [1.29, 1.82) is 0 Å². The van der Waals surface area contributed by atoms with Crippen LogP contribution in [0, 0.1) is 6.92 Å². The van der Waals surface area contributed by atoms with Crippen molar-refractivity contribution in [2.75, 3.05) is 0 Å². The Morgan fingerprint density at radius 2 is 1.79 bits per heavy atom. The van der Waals surface area contributed by atoms with Gasteiger partial charge in [-0.05, 0) is 56.4 Å². The van der Waals surface area contributed by atoms with Crippen molar-refractivity contribution in [2.24, 2.45) is 0 Å². The van der Waals surface area contributed by atoms with E-state index in [0.717, 1.165) is 53.8 Å². The van der Waals surface area contributed by atoms with E-state index in [1.54, 1.807) is 30.3 Å². The highest BCUT2D eigenvalue weighted by Gasteiger charge is 2.27. The third-order valence-corrected chi connectivity index (χ3v) is 5.53. The van der Waals surface area contributed by atoms with Gasteiger partial charge in [0.1, 0.15) is 0 Å². The summed E-state index contributed by atoms with van der Waals surface area (Å²) in [6.45, 7) is 1.86. The van der Waals surface area contributed by atoms with E-state index in [1.165, 1.54) is 4.68 Å². The molecule has 0 atom stereocenters. The van der Waals surface area contributed by atoms with Crippen molar-refractivity contribution in [3.8, 4) is 11.3 Å². The molecule has 0 saturated carbocycles. The summed E-state index contributed by atoms with van der Waals surface area (Å²) in [5.41, 5.74) is 5.04. The van der Waals surface area contributed by atoms with Crippen LogP contribution < -0.4 is 0 Å². The van der Waals surface area contributed by atoms with E-state index >= 15 is 0 Å². The predicted octanol–water partition coefficient (Wildman–Crippen LogP) is 4.78. The molecule has 1 aromatic heterocycles. The number of hydrogen-bond donors (Lipinski definition) is 1. The van der Waals surface area contributed by atoms with Gasteiger partial charge < -0.3 is 5.11 Å². The second kappa shape index (κ2) is 7.24. The Morgan fingerprint density at radius 1 is 1.07 bits per heavy atom. The van der Waals surface area contributed by atoms with Crippen molar-refractivity contribution in [3.05, 3.63) is 75.4 Å². The van der Waals surface area contributed by atoms with Crippen molar-refractivity contribution in [3.63, 3.8) is 0 Å². The molecule has 0 spiro atoms. The number of halogens is 1. The zero-order valence-electron chi connectivity index (χ0n) is 15.4. The molecule has 1 heterocycles. The van der Waals surface area contributed by atoms with Gasteiger partial charge in [0.15, 0.2) is 0 Å². The van der Waals surface area contributed by atoms with Crippen molar-refractivity contribution >= 4 is 23.5 Å². The predicted molar refractivity (Wildman–Crippen MR) is 107 cm³/mol. The van der Waals surface area contributed by atoms with Gasteiger partial charge in [-0.15, -0.1) is 0 Å². The number of aromatic carboxylic acids is 1. The minimum Gasteiger partial charge on any atom is -0.478 e. The second-order valence-corrected chi connectivity index (χ2v) is 7.42. The van der Waals surface area contributed by atoms with E-state index in [2.05, 4.69) is 5.10 Å². The van der Waals surface area contributed by atoms with Crippen molar-refractivity contribution < 1.29 is 14.7 Å². The monoisotopic (exact) mass is 394 g/mol. The molecule has 1 aliphatic carbocycles. The molecule has 6 heteroatoms. The van der Waals surface area contributed by atoms with Crippen molar-refractivity contribution in [2.45, 2.75) is 32.6 Å².